The third-order valence-corrected chi connectivity index (χ3v) is 4.71. The normalized spacial score (nSPS) is 10.8. The lowest BCUT2D eigenvalue weighted by molar-refractivity contribution is 0.146. The van der Waals surface area contributed by atoms with Crippen LogP contribution < -0.4 is 24.8 Å². The zero-order valence-electron chi connectivity index (χ0n) is 20.2. The molecule has 2 aromatic rings. The SMILES string of the molecule is CCNC(=NCc1ccc(OCCOC)cc1)NCCCc1ccc(OC)c(OCC)c1.I. The van der Waals surface area contributed by atoms with E-state index in [4.69, 9.17) is 23.9 Å². The number of guanidine groups is 1. The standard InChI is InChI=1S/C25H37N3O4.HI/c1-5-26-25(28-19-21-9-12-22(13-10-21)32-17-16-29-3)27-15-7-8-20-11-14-23(30-4)24(18-20)31-6-2;/h9-14,18H,5-8,15-17,19H2,1-4H3,(H2,26,27,28);1H. The summed E-state index contributed by atoms with van der Waals surface area (Å²) in [5.74, 6) is 3.22. The molecule has 184 valence electrons. The van der Waals surface area contributed by atoms with Crippen molar-refractivity contribution in [2.24, 2.45) is 4.99 Å². The van der Waals surface area contributed by atoms with Gasteiger partial charge in [-0.25, -0.2) is 4.99 Å². The summed E-state index contributed by atoms with van der Waals surface area (Å²) in [6, 6.07) is 14.1. The maximum absolute atomic E-state index is 5.67. The van der Waals surface area contributed by atoms with E-state index in [1.807, 2.05) is 37.3 Å². The number of nitrogens with one attached hydrogen (secondary N) is 2. The summed E-state index contributed by atoms with van der Waals surface area (Å²) in [6.45, 7) is 8.03. The van der Waals surface area contributed by atoms with E-state index in [-0.39, 0.29) is 24.0 Å². The fraction of sp³-hybridized carbons (Fsp3) is 0.480. The summed E-state index contributed by atoms with van der Waals surface area (Å²) in [5.41, 5.74) is 2.36. The molecular weight excluding hydrogens is 533 g/mol. The number of hydrogen-bond acceptors (Lipinski definition) is 5. The minimum atomic E-state index is 0. The number of rotatable bonds is 14. The van der Waals surface area contributed by atoms with E-state index in [2.05, 4.69) is 29.7 Å². The van der Waals surface area contributed by atoms with Gasteiger partial charge >= 0.3 is 0 Å². The van der Waals surface area contributed by atoms with Crippen LogP contribution in [-0.2, 0) is 17.7 Å². The Morgan fingerprint density at radius 1 is 0.879 bits per heavy atom. The summed E-state index contributed by atoms with van der Waals surface area (Å²) in [7, 11) is 3.33. The van der Waals surface area contributed by atoms with Gasteiger partial charge in [-0.1, -0.05) is 18.2 Å². The molecule has 2 N–H and O–H groups in total. The van der Waals surface area contributed by atoms with E-state index in [9.17, 15) is 0 Å². The van der Waals surface area contributed by atoms with Crippen LogP contribution in [0.25, 0.3) is 0 Å². The third-order valence-electron chi connectivity index (χ3n) is 4.71. The largest absolute Gasteiger partial charge is 0.493 e. The first-order chi connectivity index (χ1) is 15.7. The summed E-state index contributed by atoms with van der Waals surface area (Å²) in [6.07, 6.45) is 1.93. The number of aryl methyl sites for hydroxylation is 1. The van der Waals surface area contributed by atoms with Crippen molar-refractivity contribution in [3.05, 3.63) is 53.6 Å². The predicted octanol–water partition coefficient (Wildman–Crippen LogP) is 4.43. The molecule has 0 aromatic heterocycles. The maximum atomic E-state index is 5.67. The Kier molecular flexibility index (Phi) is 15.1. The van der Waals surface area contributed by atoms with E-state index >= 15 is 0 Å². The molecule has 0 heterocycles. The van der Waals surface area contributed by atoms with Crippen molar-refractivity contribution in [3.63, 3.8) is 0 Å². The van der Waals surface area contributed by atoms with Gasteiger partial charge in [-0.3, -0.25) is 0 Å². The lowest BCUT2D eigenvalue weighted by Crippen LogP contribution is -2.37. The van der Waals surface area contributed by atoms with Crippen molar-refractivity contribution >= 4 is 29.9 Å². The number of ether oxygens (including phenoxy) is 4. The second-order valence-electron chi connectivity index (χ2n) is 7.13. The first-order valence-electron chi connectivity index (χ1n) is 11.2. The Morgan fingerprint density at radius 2 is 1.64 bits per heavy atom. The van der Waals surface area contributed by atoms with E-state index in [0.717, 1.165) is 54.7 Å². The molecule has 0 amide bonds. The maximum Gasteiger partial charge on any atom is 0.191 e. The molecule has 0 unspecified atom stereocenters. The van der Waals surface area contributed by atoms with Crippen LogP contribution in [0.3, 0.4) is 0 Å². The van der Waals surface area contributed by atoms with E-state index in [1.165, 1.54) is 5.56 Å². The molecule has 33 heavy (non-hydrogen) atoms. The summed E-state index contributed by atoms with van der Waals surface area (Å²) >= 11 is 0. The van der Waals surface area contributed by atoms with E-state index in [0.29, 0.717) is 26.4 Å². The van der Waals surface area contributed by atoms with Gasteiger partial charge in [0.25, 0.3) is 0 Å². The number of hydrogen-bond donors (Lipinski definition) is 2. The first kappa shape index (κ1) is 28.8. The number of aliphatic imine (C=N–C) groups is 1. The van der Waals surface area contributed by atoms with Crippen LogP contribution in [0.15, 0.2) is 47.5 Å². The van der Waals surface area contributed by atoms with Crippen LogP contribution in [0.4, 0.5) is 0 Å². The van der Waals surface area contributed by atoms with Gasteiger partial charge in [-0.2, -0.15) is 0 Å². The Bertz CT molecular complexity index is 816. The molecule has 2 rings (SSSR count). The topological polar surface area (TPSA) is 73.3 Å². The van der Waals surface area contributed by atoms with Crippen LogP contribution in [0.2, 0.25) is 0 Å². The first-order valence-corrected chi connectivity index (χ1v) is 11.2. The monoisotopic (exact) mass is 571 g/mol. The van der Waals surface area contributed by atoms with Crippen molar-refractivity contribution in [3.8, 4) is 17.2 Å². The molecule has 0 radical (unpaired) electrons. The molecule has 0 aliphatic carbocycles. The lowest BCUT2D eigenvalue weighted by Gasteiger charge is -2.13. The molecule has 8 heteroatoms. The van der Waals surface area contributed by atoms with Gasteiger partial charge in [0.1, 0.15) is 12.4 Å². The highest BCUT2D eigenvalue weighted by atomic mass is 127. The Hall–Kier alpha value is -2.20. The van der Waals surface area contributed by atoms with E-state index < -0.39 is 0 Å². The molecule has 0 saturated heterocycles. The zero-order chi connectivity index (χ0) is 23.0. The number of benzene rings is 2. The average molecular weight is 572 g/mol. The van der Waals surface area contributed by atoms with Crippen LogP contribution in [0.1, 0.15) is 31.4 Å². The molecule has 0 spiro atoms. The smallest absolute Gasteiger partial charge is 0.191 e. The quantitative estimate of drug-likeness (QED) is 0.151. The van der Waals surface area contributed by atoms with Crippen molar-refractivity contribution < 1.29 is 18.9 Å². The highest BCUT2D eigenvalue weighted by Crippen LogP contribution is 2.28. The molecule has 7 nitrogen and oxygen atoms in total. The molecule has 0 aliphatic heterocycles. The average Bonchev–Trinajstić information content (AvgIpc) is 2.81. The van der Waals surface area contributed by atoms with Crippen molar-refractivity contribution in [1.82, 2.24) is 10.6 Å². The van der Waals surface area contributed by atoms with Gasteiger partial charge in [0.2, 0.25) is 0 Å². The molecule has 0 saturated carbocycles. The van der Waals surface area contributed by atoms with Gasteiger partial charge in [0, 0.05) is 20.2 Å². The number of halogens is 1. The van der Waals surface area contributed by atoms with Gasteiger partial charge in [0.05, 0.1) is 26.9 Å². The molecule has 2 aromatic carbocycles. The molecule has 0 fully saturated rings. The Morgan fingerprint density at radius 3 is 2.30 bits per heavy atom. The highest BCUT2D eigenvalue weighted by Gasteiger charge is 2.06. The lowest BCUT2D eigenvalue weighted by atomic mass is 10.1. The molecular formula is C25H38IN3O4. The van der Waals surface area contributed by atoms with Crippen molar-refractivity contribution in [1.29, 1.82) is 0 Å². The van der Waals surface area contributed by atoms with Gasteiger partial charge in [0.15, 0.2) is 17.5 Å². The van der Waals surface area contributed by atoms with Gasteiger partial charge in [-0.15, -0.1) is 24.0 Å². The van der Waals surface area contributed by atoms with Crippen LogP contribution in [-0.4, -0.2) is 53.1 Å². The molecule has 0 atom stereocenters. The summed E-state index contributed by atoms with van der Waals surface area (Å²) in [4.78, 5) is 4.69. The fourth-order valence-corrected chi connectivity index (χ4v) is 3.09. The second-order valence-corrected chi connectivity index (χ2v) is 7.13. The van der Waals surface area contributed by atoms with Crippen LogP contribution >= 0.6 is 24.0 Å². The summed E-state index contributed by atoms with van der Waals surface area (Å²) < 4.78 is 21.6. The minimum absolute atomic E-state index is 0. The van der Waals surface area contributed by atoms with Crippen molar-refractivity contribution in [2.75, 3.05) is 47.1 Å². The predicted molar refractivity (Wildman–Crippen MR) is 145 cm³/mol. The van der Waals surface area contributed by atoms with E-state index in [1.54, 1.807) is 14.2 Å². The summed E-state index contributed by atoms with van der Waals surface area (Å²) in [5, 5.41) is 6.72. The third kappa shape index (κ3) is 11.0. The second kappa shape index (κ2) is 17.3. The van der Waals surface area contributed by atoms with Crippen LogP contribution in [0.5, 0.6) is 17.2 Å². The highest BCUT2D eigenvalue weighted by molar-refractivity contribution is 14.0. The minimum Gasteiger partial charge on any atom is -0.493 e. The van der Waals surface area contributed by atoms with Crippen LogP contribution in [0, 0.1) is 0 Å². The van der Waals surface area contributed by atoms with Gasteiger partial charge < -0.3 is 29.6 Å². The molecule has 0 bridgehead atoms. The van der Waals surface area contributed by atoms with Crippen molar-refractivity contribution in [2.45, 2.75) is 33.2 Å². The number of nitrogens with zero attached hydrogens (tertiary/aromatic N) is 1. The fourth-order valence-electron chi connectivity index (χ4n) is 3.09. The number of methoxy groups -OCH3 is 2. The van der Waals surface area contributed by atoms with Gasteiger partial charge in [-0.05, 0) is 62.1 Å². The Labute approximate surface area is 215 Å². The zero-order valence-corrected chi connectivity index (χ0v) is 22.5. The Balaban J connectivity index is 0.00000544. The molecule has 0 aliphatic rings.